The lowest BCUT2D eigenvalue weighted by Crippen LogP contribution is -2.16. The van der Waals surface area contributed by atoms with Crippen LogP contribution in [-0.2, 0) is 5.41 Å². The fourth-order valence-electron chi connectivity index (χ4n) is 8.70. The molecule has 0 spiro atoms. The molecule has 0 unspecified atom stereocenters. The number of anilines is 3. The molecule has 0 amide bonds. The van der Waals surface area contributed by atoms with Gasteiger partial charge in [-0.2, -0.15) is 0 Å². The van der Waals surface area contributed by atoms with Crippen LogP contribution in [0, 0.1) is 0 Å². The number of fused-ring (bicyclic) bond motifs is 7. The molecule has 0 atom stereocenters. The topological polar surface area (TPSA) is 8.17 Å². The van der Waals surface area contributed by atoms with Gasteiger partial charge in [-0.3, -0.25) is 0 Å². The summed E-state index contributed by atoms with van der Waals surface area (Å²) in [5.41, 5.74) is 17.1. The van der Waals surface area contributed by atoms with E-state index in [4.69, 9.17) is 0 Å². The summed E-state index contributed by atoms with van der Waals surface area (Å²) in [7, 11) is 0. The van der Waals surface area contributed by atoms with E-state index in [0.29, 0.717) is 0 Å². The molecule has 1 aliphatic carbocycles. The van der Waals surface area contributed by atoms with Crippen molar-refractivity contribution in [1.82, 2.24) is 4.57 Å². The number of benzene rings is 8. The van der Waals surface area contributed by atoms with Crippen LogP contribution in [0.5, 0.6) is 0 Å². The van der Waals surface area contributed by atoms with Gasteiger partial charge >= 0.3 is 0 Å². The predicted molar refractivity (Wildman–Crippen MR) is 234 cm³/mol. The molecule has 1 aliphatic rings. The first-order valence-electron chi connectivity index (χ1n) is 19.1. The third-order valence-electron chi connectivity index (χ3n) is 11.3. The fourth-order valence-corrected chi connectivity index (χ4v) is 8.70. The molecule has 2 nitrogen and oxygen atoms in total. The van der Waals surface area contributed by atoms with Crippen molar-refractivity contribution in [3.8, 4) is 27.9 Å². The van der Waals surface area contributed by atoms with Crippen LogP contribution in [0.2, 0.25) is 0 Å². The highest BCUT2D eigenvalue weighted by Crippen LogP contribution is 2.53. The van der Waals surface area contributed by atoms with Gasteiger partial charge in [0.15, 0.2) is 0 Å². The van der Waals surface area contributed by atoms with Crippen LogP contribution < -0.4 is 4.90 Å². The van der Waals surface area contributed by atoms with Gasteiger partial charge in [-0.25, -0.2) is 0 Å². The van der Waals surface area contributed by atoms with Crippen LogP contribution >= 0.6 is 0 Å². The third-order valence-corrected chi connectivity index (χ3v) is 11.3. The van der Waals surface area contributed by atoms with E-state index in [-0.39, 0.29) is 5.41 Å². The summed E-state index contributed by atoms with van der Waals surface area (Å²) >= 11 is 0. The molecule has 0 saturated heterocycles. The third kappa shape index (κ3) is 5.57. The Kier molecular flexibility index (Phi) is 7.85. The average molecular weight is 705 g/mol. The maximum atomic E-state index is 2.49. The van der Waals surface area contributed by atoms with Gasteiger partial charge in [0.2, 0.25) is 0 Å². The Morgan fingerprint density at radius 2 is 1.00 bits per heavy atom. The predicted octanol–water partition coefficient (Wildman–Crippen LogP) is 14.4. The van der Waals surface area contributed by atoms with Crippen LogP contribution in [0.25, 0.3) is 61.9 Å². The summed E-state index contributed by atoms with van der Waals surface area (Å²) in [6.45, 7) is 4.80. The van der Waals surface area contributed by atoms with E-state index < -0.39 is 0 Å². The minimum absolute atomic E-state index is 0.204. The molecule has 262 valence electrons. The summed E-state index contributed by atoms with van der Waals surface area (Å²) in [4.78, 5) is 2.30. The molecule has 2 heteroatoms. The Morgan fingerprint density at radius 3 is 1.69 bits per heavy atom. The summed E-state index contributed by atoms with van der Waals surface area (Å²) in [5, 5.41) is 2.58. The lowest BCUT2D eigenvalue weighted by Gasteiger charge is -2.25. The lowest BCUT2D eigenvalue weighted by molar-refractivity contribution is 0.663. The Balaban J connectivity index is 1.01. The first-order valence-corrected chi connectivity index (χ1v) is 19.1. The molecule has 0 saturated carbocycles. The molecular formula is C53H40N2. The van der Waals surface area contributed by atoms with E-state index in [0.717, 1.165) is 22.6 Å². The maximum Gasteiger partial charge on any atom is 0.0588 e. The molecule has 0 aliphatic heterocycles. The van der Waals surface area contributed by atoms with Gasteiger partial charge in [0.05, 0.1) is 11.0 Å². The molecule has 1 heterocycles. The van der Waals surface area contributed by atoms with Gasteiger partial charge in [0, 0.05) is 38.9 Å². The molecule has 9 aromatic rings. The number of aromatic nitrogens is 1. The molecule has 0 radical (unpaired) electrons. The summed E-state index contributed by atoms with van der Waals surface area (Å²) < 4.78 is 2.49. The Morgan fingerprint density at radius 1 is 0.455 bits per heavy atom. The minimum Gasteiger partial charge on any atom is -0.311 e. The fraction of sp³-hybridized carbons (Fsp3) is 0.0566. The van der Waals surface area contributed by atoms with Crippen molar-refractivity contribution in [3.63, 3.8) is 0 Å². The van der Waals surface area contributed by atoms with Crippen molar-refractivity contribution in [2.75, 3.05) is 4.90 Å². The summed E-state index contributed by atoms with van der Waals surface area (Å²) in [6.07, 6.45) is 4.48. The molecule has 10 rings (SSSR count). The monoisotopic (exact) mass is 704 g/mol. The molecule has 55 heavy (non-hydrogen) atoms. The van der Waals surface area contributed by atoms with Crippen molar-refractivity contribution in [2.24, 2.45) is 0 Å². The zero-order valence-electron chi connectivity index (χ0n) is 31.0. The van der Waals surface area contributed by atoms with Gasteiger partial charge in [-0.1, -0.05) is 166 Å². The summed E-state index contributed by atoms with van der Waals surface area (Å²) in [5.74, 6) is 0. The number of para-hydroxylation sites is 3. The molecular weight excluding hydrogens is 665 g/mol. The zero-order valence-corrected chi connectivity index (χ0v) is 31.0. The van der Waals surface area contributed by atoms with E-state index in [9.17, 15) is 0 Å². The second kappa shape index (κ2) is 13.2. The second-order valence-corrected chi connectivity index (χ2v) is 15.0. The van der Waals surface area contributed by atoms with Crippen LogP contribution in [0.3, 0.4) is 0 Å². The smallest absolute Gasteiger partial charge is 0.0588 e. The van der Waals surface area contributed by atoms with Crippen molar-refractivity contribution >= 4 is 51.0 Å². The Bertz CT molecular complexity index is 2810. The van der Waals surface area contributed by atoms with E-state index >= 15 is 0 Å². The number of nitrogens with zero attached hydrogens (tertiary/aromatic N) is 2. The Labute approximate surface area is 322 Å². The molecule has 0 N–H and O–H groups in total. The largest absolute Gasteiger partial charge is 0.311 e. The highest BCUT2D eigenvalue weighted by atomic mass is 15.1. The van der Waals surface area contributed by atoms with Gasteiger partial charge in [-0.15, -0.1) is 0 Å². The molecule has 8 aromatic carbocycles. The van der Waals surface area contributed by atoms with Crippen LogP contribution in [0.1, 0.15) is 36.1 Å². The standard InChI is InChI=1S/C53H40N2/c1-53(2)49-36-38(23-22-37-24-29-43(30-25-37)54(41-16-8-4-9-17-41)42-18-10-5-11-19-42)26-33-45(49)47-34-35-48-46-20-12-13-21-50(46)55(52(48)51(47)53)44-31-27-40(28-32-44)39-14-6-3-7-15-39/h3-36H,1-2H3. The number of rotatable bonds is 7. The lowest BCUT2D eigenvalue weighted by atomic mass is 9.81. The van der Waals surface area contributed by atoms with Crippen LogP contribution in [0.4, 0.5) is 17.1 Å². The first-order chi connectivity index (χ1) is 27.0. The number of hydrogen-bond donors (Lipinski definition) is 0. The van der Waals surface area contributed by atoms with E-state index in [1.807, 2.05) is 0 Å². The molecule has 0 bridgehead atoms. The van der Waals surface area contributed by atoms with E-state index in [2.05, 4.69) is 230 Å². The molecule has 0 fully saturated rings. The molecule has 1 aromatic heterocycles. The van der Waals surface area contributed by atoms with Gasteiger partial charge in [0.25, 0.3) is 0 Å². The van der Waals surface area contributed by atoms with Gasteiger partial charge in [-0.05, 0) is 99.1 Å². The second-order valence-electron chi connectivity index (χ2n) is 15.0. The average Bonchev–Trinajstić information content (AvgIpc) is 3.70. The zero-order chi connectivity index (χ0) is 36.9. The van der Waals surface area contributed by atoms with Gasteiger partial charge in [0.1, 0.15) is 0 Å². The Hall–Kier alpha value is -6.90. The maximum absolute atomic E-state index is 2.49. The normalized spacial score (nSPS) is 13.0. The van der Waals surface area contributed by atoms with Crippen molar-refractivity contribution in [3.05, 3.63) is 216 Å². The van der Waals surface area contributed by atoms with E-state index in [1.54, 1.807) is 0 Å². The SMILES string of the molecule is CC1(C)c2cc(C=Cc3ccc(N(c4ccccc4)c4ccccc4)cc3)ccc2-c2ccc3c4ccccc4n(-c4ccc(-c5ccccc5)cc4)c3c21. The summed E-state index contributed by atoms with van der Waals surface area (Å²) in [6, 6.07) is 70.2. The van der Waals surface area contributed by atoms with Crippen molar-refractivity contribution < 1.29 is 0 Å². The van der Waals surface area contributed by atoms with Crippen molar-refractivity contribution in [2.45, 2.75) is 19.3 Å². The van der Waals surface area contributed by atoms with Crippen LogP contribution in [-0.4, -0.2) is 4.57 Å². The van der Waals surface area contributed by atoms with Crippen molar-refractivity contribution in [1.29, 1.82) is 0 Å². The van der Waals surface area contributed by atoms with Crippen LogP contribution in [0.15, 0.2) is 194 Å². The first kappa shape index (κ1) is 32.7. The highest BCUT2D eigenvalue weighted by molar-refractivity contribution is 6.13. The van der Waals surface area contributed by atoms with E-state index in [1.165, 1.54) is 66.4 Å². The number of hydrogen-bond acceptors (Lipinski definition) is 1. The minimum atomic E-state index is -0.204. The van der Waals surface area contributed by atoms with Gasteiger partial charge < -0.3 is 9.47 Å². The quantitative estimate of drug-likeness (QED) is 0.150. The highest BCUT2D eigenvalue weighted by Gasteiger charge is 2.38.